The van der Waals surface area contributed by atoms with Gasteiger partial charge in [0.1, 0.15) is 6.54 Å². The predicted octanol–water partition coefficient (Wildman–Crippen LogP) is 3.86. The van der Waals surface area contributed by atoms with Crippen LogP contribution in [0.4, 0.5) is 11.4 Å². The maximum atomic E-state index is 12.2. The Bertz CT molecular complexity index is 814. The van der Waals surface area contributed by atoms with E-state index in [1.807, 2.05) is 6.07 Å². The fraction of sp³-hybridized carbons (Fsp3) is 0.118. The molecule has 0 saturated carbocycles. The summed E-state index contributed by atoms with van der Waals surface area (Å²) in [7, 11) is 0. The molecule has 0 spiro atoms. The van der Waals surface area contributed by atoms with Crippen molar-refractivity contribution in [2.45, 2.75) is 6.92 Å². The van der Waals surface area contributed by atoms with E-state index in [1.54, 1.807) is 36.4 Å². The van der Waals surface area contributed by atoms with E-state index >= 15 is 0 Å². The highest BCUT2D eigenvalue weighted by molar-refractivity contribution is 6.42. The molecule has 0 radical (unpaired) electrons. The van der Waals surface area contributed by atoms with Crippen LogP contribution < -0.4 is 10.2 Å². The number of benzene rings is 2. The number of nitriles is 1. The van der Waals surface area contributed by atoms with Crippen molar-refractivity contribution in [3.8, 4) is 6.07 Å². The first-order chi connectivity index (χ1) is 11.4. The summed E-state index contributed by atoms with van der Waals surface area (Å²) in [4.78, 5) is 25.3. The lowest BCUT2D eigenvalue weighted by molar-refractivity contribution is -0.120. The molecule has 24 heavy (non-hydrogen) atoms. The molecule has 122 valence electrons. The van der Waals surface area contributed by atoms with E-state index in [9.17, 15) is 9.59 Å². The van der Waals surface area contributed by atoms with Gasteiger partial charge in [0.15, 0.2) is 0 Å². The molecule has 0 aliphatic rings. The van der Waals surface area contributed by atoms with Crippen LogP contribution in [0.5, 0.6) is 0 Å². The molecule has 0 fully saturated rings. The minimum atomic E-state index is -0.382. The minimum Gasteiger partial charge on any atom is -0.324 e. The number of nitrogens with one attached hydrogen (secondary N) is 1. The van der Waals surface area contributed by atoms with Crippen molar-refractivity contribution < 1.29 is 9.59 Å². The molecule has 2 amide bonds. The van der Waals surface area contributed by atoms with E-state index in [0.29, 0.717) is 27.0 Å². The Morgan fingerprint density at radius 3 is 2.33 bits per heavy atom. The lowest BCUT2D eigenvalue weighted by atomic mass is 10.2. The van der Waals surface area contributed by atoms with Crippen LogP contribution in [0, 0.1) is 11.3 Å². The molecular formula is C17H13Cl2N3O2. The van der Waals surface area contributed by atoms with Crippen molar-refractivity contribution in [1.29, 1.82) is 5.26 Å². The largest absolute Gasteiger partial charge is 0.324 e. The van der Waals surface area contributed by atoms with Crippen LogP contribution in [0.2, 0.25) is 10.0 Å². The van der Waals surface area contributed by atoms with Gasteiger partial charge in [0.2, 0.25) is 11.8 Å². The van der Waals surface area contributed by atoms with E-state index < -0.39 is 0 Å². The second-order valence-corrected chi connectivity index (χ2v) is 5.76. The first-order valence-corrected chi connectivity index (χ1v) is 7.69. The van der Waals surface area contributed by atoms with E-state index in [-0.39, 0.29) is 18.4 Å². The van der Waals surface area contributed by atoms with Crippen molar-refractivity contribution in [2.24, 2.45) is 0 Å². The predicted molar refractivity (Wildman–Crippen MR) is 94.3 cm³/mol. The molecule has 0 aliphatic carbocycles. The summed E-state index contributed by atoms with van der Waals surface area (Å²) in [6.45, 7) is 1.20. The number of amides is 2. The van der Waals surface area contributed by atoms with Crippen LogP contribution in [0.3, 0.4) is 0 Å². The summed E-state index contributed by atoms with van der Waals surface area (Å²) in [6, 6.07) is 13.1. The van der Waals surface area contributed by atoms with E-state index in [4.69, 9.17) is 28.5 Å². The number of hydrogen-bond donors (Lipinski definition) is 1. The zero-order valence-corrected chi connectivity index (χ0v) is 14.2. The van der Waals surface area contributed by atoms with E-state index in [2.05, 4.69) is 5.32 Å². The molecule has 0 aromatic heterocycles. The number of anilines is 2. The van der Waals surface area contributed by atoms with Gasteiger partial charge in [-0.3, -0.25) is 9.59 Å². The molecule has 2 aromatic carbocycles. The Balaban J connectivity index is 2.12. The summed E-state index contributed by atoms with van der Waals surface area (Å²) in [5.41, 5.74) is 1.49. The van der Waals surface area contributed by atoms with Gasteiger partial charge in [-0.05, 0) is 42.5 Å². The third-order valence-electron chi connectivity index (χ3n) is 3.19. The number of halogens is 2. The quantitative estimate of drug-likeness (QED) is 0.898. The third-order valence-corrected chi connectivity index (χ3v) is 3.93. The minimum absolute atomic E-state index is 0.165. The molecule has 0 saturated heterocycles. The fourth-order valence-electron chi connectivity index (χ4n) is 2.02. The highest BCUT2D eigenvalue weighted by Crippen LogP contribution is 2.25. The lowest BCUT2D eigenvalue weighted by Gasteiger charge is -2.20. The number of rotatable bonds is 4. The molecule has 2 rings (SSSR count). The highest BCUT2D eigenvalue weighted by atomic mass is 35.5. The molecular weight excluding hydrogens is 349 g/mol. The Hall–Kier alpha value is -2.55. The molecule has 0 aliphatic heterocycles. The summed E-state index contributed by atoms with van der Waals surface area (Å²) in [5, 5.41) is 12.2. The number of hydrogen-bond acceptors (Lipinski definition) is 3. The average Bonchev–Trinajstić information content (AvgIpc) is 2.56. The van der Waals surface area contributed by atoms with Crippen molar-refractivity contribution in [3.63, 3.8) is 0 Å². The van der Waals surface area contributed by atoms with Crippen molar-refractivity contribution in [2.75, 3.05) is 16.8 Å². The van der Waals surface area contributed by atoms with Gasteiger partial charge in [0.05, 0.1) is 21.7 Å². The van der Waals surface area contributed by atoms with Gasteiger partial charge in [0, 0.05) is 18.3 Å². The maximum absolute atomic E-state index is 12.2. The van der Waals surface area contributed by atoms with Crippen molar-refractivity contribution in [3.05, 3.63) is 58.1 Å². The van der Waals surface area contributed by atoms with Crippen LogP contribution >= 0.6 is 23.2 Å². The molecule has 2 aromatic rings. The topological polar surface area (TPSA) is 73.2 Å². The van der Waals surface area contributed by atoms with Gasteiger partial charge in [-0.1, -0.05) is 23.2 Å². The van der Waals surface area contributed by atoms with Crippen LogP contribution in [-0.2, 0) is 9.59 Å². The van der Waals surface area contributed by atoms with Crippen molar-refractivity contribution in [1.82, 2.24) is 0 Å². The van der Waals surface area contributed by atoms with Crippen LogP contribution in [-0.4, -0.2) is 18.4 Å². The SMILES string of the molecule is CC(=O)N(CC(=O)Nc1ccc(Cl)c(Cl)c1)c1ccc(C#N)cc1. The van der Waals surface area contributed by atoms with Gasteiger partial charge in [0.25, 0.3) is 0 Å². The highest BCUT2D eigenvalue weighted by Gasteiger charge is 2.16. The summed E-state index contributed by atoms with van der Waals surface area (Å²) >= 11 is 11.7. The Morgan fingerprint density at radius 2 is 1.79 bits per heavy atom. The van der Waals surface area contributed by atoms with Crippen LogP contribution in [0.15, 0.2) is 42.5 Å². The molecule has 0 heterocycles. The average molecular weight is 362 g/mol. The number of nitrogens with zero attached hydrogens (tertiary/aromatic N) is 2. The second-order valence-electron chi connectivity index (χ2n) is 4.94. The van der Waals surface area contributed by atoms with Gasteiger partial charge >= 0.3 is 0 Å². The fourth-order valence-corrected chi connectivity index (χ4v) is 2.32. The maximum Gasteiger partial charge on any atom is 0.244 e. The molecule has 0 unspecified atom stereocenters. The number of carbonyl (C=O) groups is 2. The smallest absolute Gasteiger partial charge is 0.244 e. The van der Waals surface area contributed by atoms with Crippen molar-refractivity contribution >= 4 is 46.4 Å². The normalized spacial score (nSPS) is 9.92. The monoisotopic (exact) mass is 361 g/mol. The van der Waals surface area contributed by atoms with E-state index in [0.717, 1.165) is 0 Å². The van der Waals surface area contributed by atoms with E-state index in [1.165, 1.54) is 17.9 Å². The summed E-state index contributed by atoms with van der Waals surface area (Å²) in [6.07, 6.45) is 0. The second kappa shape index (κ2) is 7.82. The Labute approximate surface area is 149 Å². The zero-order chi connectivity index (χ0) is 17.7. The van der Waals surface area contributed by atoms with Gasteiger partial charge in [-0.15, -0.1) is 0 Å². The first kappa shape index (κ1) is 17.8. The zero-order valence-electron chi connectivity index (χ0n) is 12.7. The van der Waals surface area contributed by atoms with Gasteiger partial charge in [-0.25, -0.2) is 0 Å². The number of carbonyl (C=O) groups excluding carboxylic acids is 2. The molecule has 7 heteroatoms. The summed E-state index contributed by atoms with van der Waals surface area (Å²) in [5.74, 6) is -0.669. The standard InChI is InChI=1S/C17H13Cl2N3O2/c1-11(23)22(14-5-2-12(9-20)3-6-14)10-17(24)21-13-4-7-15(18)16(19)8-13/h2-8H,10H2,1H3,(H,21,24). The first-order valence-electron chi connectivity index (χ1n) is 6.94. The molecule has 1 N–H and O–H groups in total. The third kappa shape index (κ3) is 4.48. The Morgan fingerprint density at radius 1 is 1.12 bits per heavy atom. The molecule has 0 atom stereocenters. The lowest BCUT2D eigenvalue weighted by Crippen LogP contribution is -2.36. The van der Waals surface area contributed by atoms with Crippen LogP contribution in [0.25, 0.3) is 0 Å². The Kier molecular flexibility index (Phi) is 5.80. The van der Waals surface area contributed by atoms with Crippen LogP contribution in [0.1, 0.15) is 12.5 Å². The van der Waals surface area contributed by atoms with Gasteiger partial charge < -0.3 is 10.2 Å². The molecule has 0 bridgehead atoms. The summed E-state index contributed by atoms with van der Waals surface area (Å²) < 4.78 is 0. The molecule has 5 nitrogen and oxygen atoms in total. The van der Waals surface area contributed by atoms with Gasteiger partial charge in [-0.2, -0.15) is 5.26 Å².